The summed E-state index contributed by atoms with van der Waals surface area (Å²) in [4.78, 5) is 10.8. The quantitative estimate of drug-likeness (QED) is 0.257. The van der Waals surface area contributed by atoms with E-state index in [0.717, 1.165) is 48.3 Å². The van der Waals surface area contributed by atoms with Gasteiger partial charge in [-0.3, -0.25) is 4.79 Å². The predicted octanol–water partition coefficient (Wildman–Crippen LogP) is 8.28. The van der Waals surface area contributed by atoms with Crippen molar-refractivity contribution in [2.75, 3.05) is 6.61 Å². The molecule has 0 aromatic carbocycles. The Morgan fingerprint density at radius 3 is 2.59 bits per heavy atom. The van der Waals surface area contributed by atoms with E-state index in [2.05, 4.69) is 40.7 Å². The van der Waals surface area contributed by atoms with Crippen LogP contribution in [0.25, 0.3) is 0 Å². The first kappa shape index (κ1) is 26.2. The first-order chi connectivity index (χ1) is 16.1. The molecule has 0 aliphatic heterocycles. The van der Waals surface area contributed by atoms with Crippen molar-refractivity contribution < 1.29 is 14.6 Å². The highest BCUT2D eigenvalue weighted by molar-refractivity contribution is 5.66. The van der Waals surface area contributed by atoms with Crippen molar-refractivity contribution in [3.05, 3.63) is 11.6 Å². The lowest BCUT2D eigenvalue weighted by Gasteiger charge is -2.58. The number of aliphatic carboxylic acids is 1. The molecule has 0 radical (unpaired) electrons. The number of carbonyl (C=O) groups is 1. The van der Waals surface area contributed by atoms with Crippen LogP contribution in [-0.4, -0.2) is 23.8 Å². The third kappa shape index (κ3) is 5.16. The van der Waals surface area contributed by atoms with Crippen molar-refractivity contribution in [2.45, 2.75) is 124 Å². The third-order valence-corrected chi connectivity index (χ3v) is 11.1. The molecule has 0 amide bonds. The first-order valence-electron chi connectivity index (χ1n) is 14.7. The van der Waals surface area contributed by atoms with Gasteiger partial charge >= 0.3 is 5.97 Å². The lowest BCUT2D eigenvalue weighted by molar-refractivity contribution is -0.137. The molecular formula is C31H52O3. The van der Waals surface area contributed by atoms with Crippen molar-refractivity contribution in [1.82, 2.24) is 0 Å². The van der Waals surface area contributed by atoms with Crippen molar-refractivity contribution in [3.63, 3.8) is 0 Å². The van der Waals surface area contributed by atoms with Crippen LogP contribution >= 0.6 is 0 Å². The van der Waals surface area contributed by atoms with Gasteiger partial charge in [0.1, 0.15) is 0 Å². The van der Waals surface area contributed by atoms with E-state index in [4.69, 9.17) is 9.84 Å². The summed E-state index contributed by atoms with van der Waals surface area (Å²) in [6, 6.07) is 0. The molecule has 0 bridgehead atoms. The molecule has 34 heavy (non-hydrogen) atoms. The van der Waals surface area contributed by atoms with Gasteiger partial charge in [-0.15, -0.1) is 0 Å². The maximum Gasteiger partial charge on any atom is 0.303 e. The van der Waals surface area contributed by atoms with Crippen LogP contribution in [0, 0.1) is 46.3 Å². The Labute approximate surface area is 209 Å². The second-order valence-electron chi connectivity index (χ2n) is 13.5. The van der Waals surface area contributed by atoms with Gasteiger partial charge in [-0.2, -0.15) is 0 Å². The lowest BCUT2D eigenvalue weighted by atomic mass is 9.47. The number of carboxylic acids is 1. The molecule has 4 unspecified atom stereocenters. The van der Waals surface area contributed by atoms with E-state index in [1.807, 2.05) is 0 Å². The second-order valence-corrected chi connectivity index (χ2v) is 13.5. The van der Waals surface area contributed by atoms with Gasteiger partial charge in [0.15, 0.2) is 0 Å². The van der Waals surface area contributed by atoms with Crippen LogP contribution < -0.4 is 0 Å². The summed E-state index contributed by atoms with van der Waals surface area (Å²) < 4.78 is 6.13. The number of rotatable bonds is 10. The number of hydrogen-bond acceptors (Lipinski definition) is 2. The van der Waals surface area contributed by atoms with Crippen molar-refractivity contribution in [1.29, 1.82) is 0 Å². The van der Waals surface area contributed by atoms with Crippen molar-refractivity contribution in [2.24, 2.45) is 46.3 Å². The van der Waals surface area contributed by atoms with E-state index in [9.17, 15) is 4.79 Å². The van der Waals surface area contributed by atoms with Gasteiger partial charge in [0.2, 0.25) is 0 Å². The largest absolute Gasteiger partial charge is 0.481 e. The molecule has 4 aliphatic carbocycles. The molecule has 8 atom stereocenters. The van der Waals surface area contributed by atoms with Gasteiger partial charge in [-0.25, -0.2) is 0 Å². The molecule has 3 fully saturated rings. The fraction of sp³-hybridized carbons (Fsp3) is 0.903. The first-order valence-corrected chi connectivity index (χ1v) is 14.7. The minimum absolute atomic E-state index is 0.217. The summed E-state index contributed by atoms with van der Waals surface area (Å²) in [5.41, 5.74) is 2.60. The van der Waals surface area contributed by atoms with E-state index < -0.39 is 5.97 Å². The molecule has 0 heterocycles. The van der Waals surface area contributed by atoms with Gasteiger partial charge in [-0.05, 0) is 104 Å². The summed E-state index contributed by atoms with van der Waals surface area (Å²) in [6.07, 6.45) is 18.5. The van der Waals surface area contributed by atoms with E-state index in [0.29, 0.717) is 30.0 Å². The molecule has 3 saturated carbocycles. The Kier molecular flexibility index (Phi) is 8.22. The summed E-state index contributed by atoms with van der Waals surface area (Å²) in [6.45, 7) is 13.2. The second kappa shape index (κ2) is 10.7. The molecule has 3 nitrogen and oxygen atoms in total. The SMILES string of the molecule is CC(C)CCC[C@@H](C)[C@H]1CCC2C3CC=C4CC(OCCCC(=O)O)CC[C@]4(C)C3CC[C@@]21C. The average Bonchev–Trinajstić information content (AvgIpc) is 3.13. The summed E-state index contributed by atoms with van der Waals surface area (Å²) >= 11 is 0. The van der Waals surface area contributed by atoms with Crippen LogP contribution in [0.2, 0.25) is 0 Å². The van der Waals surface area contributed by atoms with Crippen LogP contribution in [0.5, 0.6) is 0 Å². The summed E-state index contributed by atoms with van der Waals surface area (Å²) in [5.74, 6) is 4.58. The Hall–Kier alpha value is -0.830. The molecule has 1 N–H and O–H groups in total. The van der Waals surface area contributed by atoms with Crippen LogP contribution in [-0.2, 0) is 9.53 Å². The summed E-state index contributed by atoms with van der Waals surface area (Å²) in [7, 11) is 0. The highest BCUT2D eigenvalue weighted by Gasteiger charge is 2.59. The zero-order chi connectivity index (χ0) is 24.5. The minimum atomic E-state index is -0.718. The van der Waals surface area contributed by atoms with Crippen LogP contribution in [0.3, 0.4) is 0 Å². The molecular weight excluding hydrogens is 420 g/mol. The molecule has 0 aromatic heterocycles. The van der Waals surface area contributed by atoms with E-state index in [-0.39, 0.29) is 6.42 Å². The lowest BCUT2D eigenvalue weighted by Crippen LogP contribution is -2.51. The average molecular weight is 473 g/mol. The number of hydrogen-bond donors (Lipinski definition) is 1. The van der Waals surface area contributed by atoms with Gasteiger partial charge in [0, 0.05) is 13.0 Å². The Morgan fingerprint density at radius 2 is 1.85 bits per heavy atom. The zero-order valence-electron chi connectivity index (χ0n) is 22.8. The van der Waals surface area contributed by atoms with Gasteiger partial charge in [-0.1, -0.05) is 65.5 Å². The minimum Gasteiger partial charge on any atom is -0.481 e. The zero-order valence-corrected chi connectivity index (χ0v) is 22.8. The van der Waals surface area contributed by atoms with E-state index in [1.165, 1.54) is 57.8 Å². The third-order valence-electron chi connectivity index (χ3n) is 11.1. The van der Waals surface area contributed by atoms with Crippen molar-refractivity contribution in [3.8, 4) is 0 Å². The molecule has 0 saturated heterocycles. The smallest absolute Gasteiger partial charge is 0.303 e. The molecule has 4 aliphatic rings. The van der Waals surface area contributed by atoms with E-state index in [1.54, 1.807) is 5.57 Å². The predicted molar refractivity (Wildman–Crippen MR) is 140 cm³/mol. The van der Waals surface area contributed by atoms with Gasteiger partial charge < -0.3 is 9.84 Å². The number of fused-ring (bicyclic) bond motifs is 5. The highest BCUT2D eigenvalue weighted by Crippen LogP contribution is 2.67. The molecule has 0 spiro atoms. The van der Waals surface area contributed by atoms with Crippen molar-refractivity contribution >= 4 is 5.97 Å². The fourth-order valence-electron chi connectivity index (χ4n) is 9.27. The Morgan fingerprint density at radius 1 is 1.06 bits per heavy atom. The fourth-order valence-corrected chi connectivity index (χ4v) is 9.27. The number of allylic oxidation sites excluding steroid dienone is 1. The maximum absolute atomic E-state index is 10.8. The van der Waals surface area contributed by atoms with Crippen LogP contribution in [0.4, 0.5) is 0 Å². The normalized spacial score (nSPS) is 40.3. The standard InChI is InChI=1S/C31H52O3/c1-21(2)8-6-9-22(3)26-13-14-27-25-12-11-23-20-24(34-19-7-10-29(32)33)15-17-30(23,4)28(25)16-18-31(26,27)5/h11,21-22,24-28H,6-10,12-20H2,1-5H3,(H,32,33)/t22-,24?,25?,26-,27?,28?,30+,31-/m1/s1. The van der Waals surface area contributed by atoms with Crippen LogP contribution in [0.15, 0.2) is 11.6 Å². The molecule has 194 valence electrons. The number of carboxylic acid groups (broad SMARTS) is 1. The summed E-state index contributed by atoms with van der Waals surface area (Å²) in [5, 5.41) is 8.87. The molecule has 0 aromatic rings. The number of ether oxygens (including phenoxy) is 1. The van der Waals surface area contributed by atoms with E-state index >= 15 is 0 Å². The maximum atomic E-state index is 10.8. The molecule has 3 heteroatoms. The van der Waals surface area contributed by atoms with Gasteiger partial charge in [0.25, 0.3) is 0 Å². The Bertz CT molecular complexity index is 741. The molecule has 4 rings (SSSR count). The van der Waals surface area contributed by atoms with Gasteiger partial charge in [0.05, 0.1) is 6.10 Å². The highest BCUT2D eigenvalue weighted by atomic mass is 16.5. The monoisotopic (exact) mass is 472 g/mol. The van der Waals surface area contributed by atoms with Crippen LogP contribution in [0.1, 0.15) is 118 Å². The Balaban J connectivity index is 1.38. The topological polar surface area (TPSA) is 46.5 Å².